The van der Waals surface area contributed by atoms with Crippen LogP contribution >= 0.6 is 0 Å². The second-order valence-corrected chi connectivity index (χ2v) is 5.58. The van der Waals surface area contributed by atoms with Crippen LogP contribution in [0.3, 0.4) is 0 Å². The number of aromatic nitrogens is 2. The minimum atomic E-state index is 0.351. The van der Waals surface area contributed by atoms with Crippen molar-refractivity contribution in [3.8, 4) is 0 Å². The number of hydrogen-bond acceptors (Lipinski definition) is 3. The van der Waals surface area contributed by atoms with Crippen molar-refractivity contribution in [1.29, 1.82) is 0 Å². The molecule has 3 rings (SSSR count). The van der Waals surface area contributed by atoms with Gasteiger partial charge in [-0.3, -0.25) is 4.90 Å². The molecule has 0 bridgehead atoms. The smallest absolute Gasteiger partial charge is 0.127 e. The standard InChI is InChI=1S/C16H22N4/c1-13-4-3-5-14(10-13)12-20-9-6-17-11-15(20)16-18-7-8-19(16)2/h3-5,7-8,10,15,17H,6,9,11-12H2,1-2H3. The first-order valence-corrected chi connectivity index (χ1v) is 7.21. The number of imidazole rings is 1. The molecular weight excluding hydrogens is 248 g/mol. The van der Waals surface area contributed by atoms with E-state index in [1.807, 2.05) is 12.4 Å². The molecule has 1 aliphatic rings. The summed E-state index contributed by atoms with van der Waals surface area (Å²) < 4.78 is 2.13. The van der Waals surface area contributed by atoms with Crippen molar-refractivity contribution >= 4 is 0 Å². The van der Waals surface area contributed by atoms with Gasteiger partial charge in [-0.1, -0.05) is 29.8 Å². The van der Waals surface area contributed by atoms with E-state index in [0.29, 0.717) is 6.04 Å². The quantitative estimate of drug-likeness (QED) is 0.924. The Morgan fingerprint density at radius 3 is 3.05 bits per heavy atom. The highest BCUT2D eigenvalue weighted by atomic mass is 15.3. The Balaban J connectivity index is 1.81. The molecule has 0 spiro atoms. The molecule has 106 valence electrons. The summed E-state index contributed by atoms with van der Waals surface area (Å²) in [6.07, 6.45) is 3.91. The Kier molecular flexibility index (Phi) is 3.85. The lowest BCUT2D eigenvalue weighted by molar-refractivity contribution is 0.144. The van der Waals surface area contributed by atoms with Crippen LogP contribution < -0.4 is 5.32 Å². The molecule has 1 unspecified atom stereocenters. The van der Waals surface area contributed by atoms with E-state index in [-0.39, 0.29) is 0 Å². The third-order valence-electron chi connectivity index (χ3n) is 3.98. The predicted octanol–water partition coefficient (Wildman–Crippen LogP) is 1.88. The average molecular weight is 270 g/mol. The number of nitrogens with one attached hydrogen (secondary N) is 1. The summed E-state index contributed by atoms with van der Waals surface area (Å²) in [6, 6.07) is 9.13. The fraction of sp³-hybridized carbons (Fsp3) is 0.438. The molecule has 1 saturated heterocycles. The zero-order chi connectivity index (χ0) is 13.9. The molecule has 0 amide bonds. The van der Waals surface area contributed by atoms with Gasteiger partial charge in [-0.2, -0.15) is 0 Å². The van der Waals surface area contributed by atoms with Gasteiger partial charge in [0.05, 0.1) is 6.04 Å². The first-order chi connectivity index (χ1) is 9.74. The van der Waals surface area contributed by atoms with Gasteiger partial charge < -0.3 is 9.88 Å². The fourth-order valence-electron chi connectivity index (χ4n) is 2.93. The molecule has 0 saturated carbocycles. The molecular formula is C16H22N4. The molecule has 1 aromatic carbocycles. The van der Waals surface area contributed by atoms with Crippen molar-refractivity contribution in [1.82, 2.24) is 19.8 Å². The normalized spacial score (nSPS) is 20.2. The van der Waals surface area contributed by atoms with E-state index >= 15 is 0 Å². The van der Waals surface area contributed by atoms with Gasteiger partial charge in [0.25, 0.3) is 0 Å². The summed E-state index contributed by atoms with van der Waals surface area (Å²) in [5.41, 5.74) is 2.71. The van der Waals surface area contributed by atoms with E-state index < -0.39 is 0 Å². The van der Waals surface area contributed by atoms with Crippen molar-refractivity contribution in [2.75, 3.05) is 19.6 Å². The highest BCUT2D eigenvalue weighted by Crippen LogP contribution is 2.22. The minimum Gasteiger partial charge on any atom is -0.337 e. The van der Waals surface area contributed by atoms with Crippen molar-refractivity contribution < 1.29 is 0 Å². The lowest BCUT2D eigenvalue weighted by atomic mass is 10.1. The zero-order valence-corrected chi connectivity index (χ0v) is 12.2. The van der Waals surface area contributed by atoms with Gasteiger partial charge in [0, 0.05) is 45.6 Å². The number of benzene rings is 1. The highest BCUT2D eigenvalue weighted by Gasteiger charge is 2.26. The van der Waals surface area contributed by atoms with Crippen molar-refractivity contribution in [3.05, 3.63) is 53.6 Å². The van der Waals surface area contributed by atoms with Crippen LogP contribution in [0.25, 0.3) is 0 Å². The summed E-state index contributed by atoms with van der Waals surface area (Å²) >= 11 is 0. The number of rotatable bonds is 3. The van der Waals surface area contributed by atoms with Crippen LogP contribution in [-0.2, 0) is 13.6 Å². The van der Waals surface area contributed by atoms with E-state index in [9.17, 15) is 0 Å². The van der Waals surface area contributed by atoms with Gasteiger partial charge in [-0.15, -0.1) is 0 Å². The second-order valence-electron chi connectivity index (χ2n) is 5.58. The monoisotopic (exact) mass is 270 g/mol. The highest BCUT2D eigenvalue weighted by molar-refractivity contribution is 5.22. The first-order valence-electron chi connectivity index (χ1n) is 7.21. The maximum atomic E-state index is 4.53. The maximum absolute atomic E-state index is 4.53. The van der Waals surface area contributed by atoms with E-state index in [2.05, 4.69) is 58.0 Å². The Morgan fingerprint density at radius 1 is 1.40 bits per heavy atom. The Hall–Kier alpha value is -1.65. The molecule has 2 aromatic rings. The molecule has 4 nitrogen and oxygen atoms in total. The third-order valence-corrected chi connectivity index (χ3v) is 3.98. The van der Waals surface area contributed by atoms with Crippen LogP contribution in [0.5, 0.6) is 0 Å². The van der Waals surface area contributed by atoms with Crippen molar-refractivity contribution in [3.63, 3.8) is 0 Å². The van der Waals surface area contributed by atoms with Gasteiger partial charge in [0.1, 0.15) is 5.82 Å². The van der Waals surface area contributed by atoms with Crippen LogP contribution in [0.2, 0.25) is 0 Å². The molecule has 1 aliphatic heterocycles. The topological polar surface area (TPSA) is 33.1 Å². The SMILES string of the molecule is Cc1cccc(CN2CCNCC2c2nccn2C)c1. The summed E-state index contributed by atoms with van der Waals surface area (Å²) in [5, 5.41) is 3.48. The molecule has 0 radical (unpaired) electrons. The van der Waals surface area contributed by atoms with E-state index in [1.165, 1.54) is 11.1 Å². The molecule has 4 heteroatoms. The van der Waals surface area contributed by atoms with Crippen LogP contribution in [0, 0.1) is 6.92 Å². The van der Waals surface area contributed by atoms with E-state index in [4.69, 9.17) is 0 Å². The average Bonchev–Trinajstić information content (AvgIpc) is 2.86. The Morgan fingerprint density at radius 2 is 2.30 bits per heavy atom. The van der Waals surface area contributed by atoms with Crippen LogP contribution in [0.1, 0.15) is 23.0 Å². The van der Waals surface area contributed by atoms with Crippen molar-refractivity contribution in [2.24, 2.45) is 7.05 Å². The number of piperazine rings is 1. The number of hydrogen-bond donors (Lipinski definition) is 1. The summed E-state index contributed by atoms with van der Waals surface area (Å²) in [4.78, 5) is 7.05. The van der Waals surface area contributed by atoms with Crippen LogP contribution in [0.15, 0.2) is 36.7 Å². The first kappa shape index (κ1) is 13.3. The Bertz CT molecular complexity index is 575. The molecule has 20 heavy (non-hydrogen) atoms. The Labute approximate surface area is 120 Å². The van der Waals surface area contributed by atoms with Crippen LogP contribution in [-0.4, -0.2) is 34.1 Å². The second kappa shape index (κ2) is 5.77. The van der Waals surface area contributed by atoms with Gasteiger partial charge in [0.15, 0.2) is 0 Å². The largest absolute Gasteiger partial charge is 0.337 e. The lowest BCUT2D eigenvalue weighted by Crippen LogP contribution is -2.46. The minimum absolute atomic E-state index is 0.351. The van der Waals surface area contributed by atoms with Gasteiger partial charge in [-0.05, 0) is 12.5 Å². The molecule has 0 aliphatic carbocycles. The fourth-order valence-corrected chi connectivity index (χ4v) is 2.93. The number of nitrogens with zero attached hydrogens (tertiary/aromatic N) is 3. The molecule has 1 N–H and O–H groups in total. The lowest BCUT2D eigenvalue weighted by Gasteiger charge is -2.35. The van der Waals surface area contributed by atoms with Gasteiger partial charge in [0.2, 0.25) is 0 Å². The predicted molar refractivity (Wildman–Crippen MR) is 80.4 cm³/mol. The van der Waals surface area contributed by atoms with Crippen LogP contribution in [0.4, 0.5) is 0 Å². The third kappa shape index (κ3) is 2.76. The van der Waals surface area contributed by atoms with Gasteiger partial charge >= 0.3 is 0 Å². The van der Waals surface area contributed by atoms with E-state index in [0.717, 1.165) is 32.0 Å². The summed E-state index contributed by atoms with van der Waals surface area (Å²) in [5.74, 6) is 1.14. The number of aryl methyl sites for hydroxylation is 2. The zero-order valence-electron chi connectivity index (χ0n) is 12.2. The maximum Gasteiger partial charge on any atom is 0.127 e. The van der Waals surface area contributed by atoms with Gasteiger partial charge in [-0.25, -0.2) is 4.98 Å². The molecule has 1 atom stereocenters. The summed E-state index contributed by atoms with van der Waals surface area (Å²) in [6.45, 7) is 6.22. The van der Waals surface area contributed by atoms with E-state index in [1.54, 1.807) is 0 Å². The summed E-state index contributed by atoms with van der Waals surface area (Å²) in [7, 11) is 2.07. The molecule has 1 aromatic heterocycles. The van der Waals surface area contributed by atoms with Crippen molar-refractivity contribution in [2.45, 2.75) is 19.5 Å². The molecule has 1 fully saturated rings. The molecule has 2 heterocycles.